The first-order valence-electron chi connectivity index (χ1n) is 6.61. The first kappa shape index (κ1) is 14.4. The molecule has 0 radical (unpaired) electrons. The number of hydrogen-bond acceptors (Lipinski definition) is 4. The fourth-order valence-electron chi connectivity index (χ4n) is 1.82. The number of aryl methyl sites for hydroxylation is 1. The molecule has 2 rings (SSSR count). The van der Waals surface area contributed by atoms with Gasteiger partial charge in [-0.2, -0.15) is 0 Å². The van der Waals surface area contributed by atoms with Crippen molar-refractivity contribution in [2.75, 3.05) is 6.54 Å². The highest BCUT2D eigenvalue weighted by atomic mass is 32.2. The number of sulfonamides is 1. The summed E-state index contributed by atoms with van der Waals surface area (Å²) in [7, 11) is -3.07. The zero-order valence-electron chi connectivity index (χ0n) is 11.4. The summed E-state index contributed by atoms with van der Waals surface area (Å²) in [6.07, 6.45) is 3.38. The number of pyridine rings is 1. The smallest absolute Gasteiger partial charge is 0.214 e. The van der Waals surface area contributed by atoms with E-state index >= 15 is 0 Å². The third-order valence-electron chi connectivity index (χ3n) is 3.17. The van der Waals surface area contributed by atoms with Crippen LogP contribution >= 0.6 is 0 Å². The Hall–Kier alpha value is -0.980. The van der Waals surface area contributed by atoms with Gasteiger partial charge in [-0.3, -0.25) is 4.98 Å². The average molecular weight is 283 g/mol. The zero-order valence-corrected chi connectivity index (χ0v) is 12.2. The van der Waals surface area contributed by atoms with Crippen LogP contribution in [-0.2, 0) is 16.6 Å². The van der Waals surface area contributed by atoms with Crippen LogP contribution in [0.15, 0.2) is 18.3 Å². The molecule has 0 aromatic carbocycles. The van der Waals surface area contributed by atoms with Crippen LogP contribution in [0.3, 0.4) is 0 Å². The summed E-state index contributed by atoms with van der Waals surface area (Å²) >= 11 is 0. The van der Waals surface area contributed by atoms with Gasteiger partial charge in [-0.25, -0.2) is 13.1 Å². The number of nitrogens with zero attached hydrogens (tertiary/aromatic N) is 1. The van der Waals surface area contributed by atoms with Gasteiger partial charge >= 0.3 is 0 Å². The summed E-state index contributed by atoms with van der Waals surface area (Å²) in [6, 6.07) is 4.08. The highest BCUT2D eigenvalue weighted by Crippen LogP contribution is 2.27. The van der Waals surface area contributed by atoms with Gasteiger partial charge in [-0.1, -0.05) is 0 Å². The molecule has 0 bridgehead atoms. The molecule has 19 heavy (non-hydrogen) atoms. The fraction of sp³-hybridized carbons (Fsp3) is 0.615. The highest BCUT2D eigenvalue weighted by molar-refractivity contribution is 7.90. The maximum absolute atomic E-state index is 11.7. The van der Waals surface area contributed by atoms with Gasteiger partial charge < -0.3 is 5.32 Å². The van der Waals surface area contributed by atoms with Crippen molar-refractivity contribution in [2.24, 2.45) is 0 Å². The van der Waals surface area contributed by atoms with E-state index in [0.717, 1.165) is 30.6 Å². The van der Waals surface area contributed by atoms with Crippen molar-refractivity contribution in [3.05, 3.63) is 29.6 Å². The summed E-state index contributed by atoms with van der Waals surface area (Å²) in [5, 5.41) is 3.15. The molecular weight excluding hydrogens is 262 g/mol. The van der Waals surface area contributed by atoms with Gasteiger partial charge in [0.1, 0.15) is 0 Å². The predicted molar refractivity (Wildman–Crippen MR) is 75.2 cm³/mol. The SMILES string of the molecule is Cc1cc(CNC(C)CNS(=O)(=O)C2CC2)ccn1. The van der Waals surface area contributed by atoms with E-state index in [4.69, 9.17) is 0 Å². The molecule has 106 valence electrons. The summed E-state index contributed by atoms with van der Waals surface area (Å²) in [5.74, 6) is 0. The Morgan fingerprint density at radius 1 is 1.47 bits per heavy atom. The largest absolute Gasteiger partial charge is 0.309 e. The van der Waals surface area contributed by atoms with Gasteiger partial charge in [0.2, 0.25) is 10.0 Å². The fourth-order valence-corrected chi connectivity index (χ4v) is 3.29. The Morgan fingerprint density at radius 3 is 2.84 bits per heavy atom. The summed E-state index contributed by atoms with van der Waals surface area (Å²) in [4.78, 5) is 4.14. The van der Waals surface area contributed by atoms with Crippen molar-refractivity contribution in [2.45, 2.75) is 44.5 Å². The van der Waals surface area contributed by atoms with Crippen LogP contribution < -0.4 is 10.0 Å². The molecule has 0 aliphatic heterocycles. The molecule has 1 saturated carbocycles. The molecular formula is C13H21N3O2S. The molecule has 0 spiro atoms. The van der Waals surface area contributed by atoms with Crippen molar-refractivity contribution >= 4 is 10.0 Å². The number of nitrogens with one attached hydrogen (secondary N) is 2. The monoisotopic (exact) mass is 283 g/mol. The third kappa shape index (κ3) is 4.56. The van der Waals surface area contributed by atoms with Gasteiger partial charge in [-0.05, 0) is 44.4 Å². The van der Waals surface area contributed by atoms with Crippen LogP contribution in [0.25, 0.3) is 0 Å². The lowest BCUT2D eigenvalue weighted by molar-refractivity contribution is 0.523. The first-order chi connectivity index (χ1) is 8.97. The lowest BCUT2D eigenvalue weighted by Gasteiger charge is -2.15. The second-order valence-corrected chi connectivity index (χ2v) is 7.23. The normalized spacial score (nSPS) is 17.4. The minimum absolute atomic E-state index is 0.0991. The molecule has 1 aromatic rings. The highest BCUT2D eigenvalue weighted by Gasteiger charge is 2.35. The Labute approximate surface area is 114 Å². The lowest BCUT2D eigenvalue weighted by atomic mass is 10.2. The number of rotatable bonds is 7. The molecule has 1 heterocycles. The minimum Gasteiger partial charge on any atom is -0.309 e. The van der Waals surface area contributed by atoms with E-state index in [-0.39, 0.29) is 11.3 Å². The van der Waals surface area contributed by atoms with E-state index in [1.807, 2.05) is 26.0 Å². The van der Waals surface area contributed by atoms with Crippen LogP contribution in [0.5, 0.6) is 0 Å². The molecule has 1 aliphatic carbocycles. The van der Waals surface area contributed by atoms with Crippen molar-refractivity contribution in [1.29, 1.82) is 0 Å². The summed E-state index contributed by atoms with van der Waals surface area (Å²) < 4.78 is 26.0. The van der Waals surface area contributed by atoms with Crippen LogP contribution in [0, 0.1) is 6.92 Å². The number of hydrogen-bond donors (Lipinski definition) is 2. The maximum atomic E-state index is 11.7. The second kappa shape index (κ2) is 5.98. The predicted octanol–water partition coefficient (Wildman–Crippen LogP) is 0.950. The van der Waals surface area contributed by atoms with E-state index in [2.05, 4.69) is 15.0 Å². The molecule has 1 unspecified atom stereocenters. The van der Waals surface area contributed by atoms with Gasteiger partial charge in [0, 0.05) is 31.0 Å². The van der Waals surface area contributed by atoms with Gasteiger partial charge in [0.15, 0.2) is 0 Å². The van der Waals surface area contributed by atoms with Crippen molar-refractivity contribution < 1.29 is 8.42 Å². The Morgan fingerprint density at radius 2 is 2.21 bits per heavy atom. The number of aromatic nitrogens is 1. The molecule has 1 fully saturated rings. The Balaban J connectivity index is 1.74. The average Bonchev–Trinajstić information content (AvgIpc) is 3.18. The van der Waals surface area contributed by atoms with Crippen LogP contribution in [0.1, 0.15) is 31.0 Å². The molecule has 5 nitrogen and oxygen atoms in total. The standard InChI is InChI=1S/C13H21N3O2S/c1-10-7-12(5-6-14-10)9-15-11(2)8-16-19(17,18)13-3-4-13/h5-7,11,13,15-16H,3-4,8-9H2,1-2H3. The van der Waals surface area contributed by atoms with Crippen molar-refractivity contribution in [3.63, 3.8) is 0 Å². The Bertz CT molecular complexity index is 526. The van der Waals surface area contributed by atoms with Gasteiger partial charge in [-0.15, -0.1) is 0 Å². The van der Waals surface area contributed by atoms with Crippen LogP contribution in [-0.4, -0.2) is 31.2 Å². The molecule has 0 saturated heterocycles. The third-order valence-corrected chi connectivity index (χ3v) is 5.09. The van der Waals surface area contributed by atoms with E-state index in [1.165, 1.54) is 0 Å². The first-order valence-corrected chi connectivity index (χ1v) is 8.15. The topological polar surface area (TPSA) is 71.1 Å². The van der Waals surface area contributed by atoms with Crippen molar-refractivity contribution in [1.82, 2.24) is 15.0 Å². The molecule has 1 atom stereocenters. The van der Waals surface area contributed by atoms with Gasteiger partial charge in [0.25, 0.3) is 0 Å². The van der Waals surface area contributed by atoms with E-state index < -0.39 is 10.0 Å². The molecule has 6 heteroatoms. The van der Waals surface area contributed by atoms with Crippen LogP contribution in [0.2, 0.25) is 0 Å². The van der Waals surface area contributed by atoms with E-state index in [0.29, 0.717) is 6.54 Å². The molecule has 1 aliphatic rings. The molecule has 1 aromatic heterocycles. The van der Waals surface area contributed by atoms with Gasteiger partial charge in [0.05, 0.1) is 5.25 Å². The lowest BCUT2D eigenvalue weighted by Crippen LogP contribution is -2.39. The second-order valence-electron chi connectivity index (χ2n) is 5.18. The molecule has 2 N–H and O–H groups in total. The quantitative estimate of drug-likeness (QED) is 0.781. The van der Waals surface area contributed by atoms with Crippen LogP contribution in [0.4, 0.5) is 0 Å². The zero-order chi connectivity index (χ0) is 13.9. The summed E-state index contributed by atoms with van der Waals surface area (Å²) in [5.41, 5.74) is 2.14. The summed E-state index contributed by atoms with van der Waals surface area (Å²) in [6.45, 7) is 5.08. The van der Waals surface area contributed by atoms with E-state index in [9.17, 15) is 8.42 Å². The maximum Gasteiger partial charge on any atom is 0.214 e. The Kier molecular flexibility index (Phi) is 4.54. The molecule has 0 amide bonds. The van der Waals surface area contributed by atoms with E-state index in [1.54, 1.807) is 6.20 Å². The van der Waals surface area contributed by atoms with Crippen molar-refractivity contribution in [3.8, 4) is 0 Å². The minimum atomic E-state index is -3.07.